The van der Waals surface area contributed by atoms with Gasteiger partial charge in [-0.3, -0.25) is 0 Å². The quantitative estimate of drug-likeness (QED) is 0.694. The van der Waals surface area contributed by atoms with Gasteiger partial charge >= 0.3 is 7.12 Å². The lowest BCUT2D eigenvalue weighted by atomic mass is 9.78. The summed E-state index contributed by atoms with van der Waals surface area (Å²) in [6, 6.07) is 3.32. The number of hydrogen-bond donors (Lipinski definition) is 2. The van der Waals surface area contributed by atoms with Crippen LogP contribution in [0.15, 0.2) is 12.1 Å². The van der Waals surface area contributed by atoms with Crippen LogP contribution in [-0.2, 0) is 6.42 Å². The standard InChI is InChI=1S/C10H12BClO3/c1-10(2)5-6-3-7(12)4-8(11(13)14)9(6)15-10/h3-4,13-14H,5H2,1-2H3. The van der Waals surface area contributed by atoms with Crippen molar-refractivity contribution in [2.45, 2.75) is 25.9 Å². The van der Waals surface area contributed by atoms with E-state index in [1.165, 1.54) is 6.07 Å². The Morgan fingerprint density at radius 2 is 2.07 bits per heavy atom. The summed E-state index contributed by atoms with van der Waals surface area (Å²) in [5.41, 5.74) is 0.954. The zero-order valence-electron chi connectivity index (χ0n) is 8.62. The highest BCUT2D eigenvalue weighted by Gasteiger charge is 2.34. The molecule has 1 aliphatic heterocycles. The molecule has 1 aromatic rings. The molecule has 80 valence electrons. The largest absolute Gasteiger partial charge is 0.492 e. The molecule has 0 bridgehead atoms. The molecule has 0 atom stereocenters. The second kappa shape index (κ2) is 3.40. The van der Waals surface area contributed by atoms with Crippen LogP contribution in [0.3, 0.4) is 0 Å². The predicted molar refractivity (Wildman–Crippen MR) is 59.7 cm³/mol. The molecular formula is C10H12BClO3. The van der Waals surface area contributed by atoms with E-state index < -0.39 is 7.12 Å². The van der Waals surface area contributed by atoms with Gasteiger partial charge in [-0.05, 0) is 31.5 Å². The summed E-state index contributed by atoms with van der Waals surface area (Å²) in [5, 5.41) is 18.9. The van der Waals surface area contributed by atoms with Crippen molar-refractivity contribution in [1.29, 1.82) is 0 Å². The summed E-state index contributed by atoms with van der Waals surface area (Å²) in [6.45, 7) is 3.91. The molecular weight excluding hydrogens is 214 g/mol. The molecule has 1 aliphatic rings. The number of rotatable bonds is 1. The van der Waals surface area contributed by atoms with Crippen LogP contribution in [0.4, 0.5) is 0 Å². The van der Waals surface area contributed by atoms with Crippen molar-refractivity contribution in [3.63, 3.8) is 0 Å². The molecule has 1 heterocycles. The molecule has 0 aromatic heterocycles. The van der Waals surface area contributed by atoms with Gasteiger partial charge in [-0.15, -0.1) is 0 Å². The fourth-order valence-electron chi connectivity index (χ4n) is 1.89. The van der Waals surface area contributed by atoms with E-state index in [2.05, 4.69) is 0 Å². The molecule has 0 saturated heterocycles. The summed E-state index contributed by atoms with van der Waals surface area (Å²) in [4.78, 5) is 0. The van der Waals surface area contributed by atoms with E-state index >= 15 is 0 Å². The molecule has 0 saturated carbocycles. The molecule has 1 aromatic carbocycles. The minimum absolute atomic E-state index is 0.309. The highest BCUT2D eigenvalue weighted by Crippen LogP contribution is 2.35. The van der Waals surface area contributed by atoms with Crippen LogP contribution < -0.4 is 10.2 Å². The minimum Gasteiger partial charge on any atom is -0.488 e. The van der Waals surface area contributed by atoms with Crippen molar-refractivity contribution in [3.8, 4) is 5.75 Å². The lowest BCUT2D eigenvalue weighted by molar-refractivity contribution is 0.139. The predicted octanol–water partition coefficient (Wildman–Crippen LogP) is 0.733. The van der Waals surface area contributed by atoms with Crippen LogP contribution in [-0.4, -0.2) is 22.8 Å². The summed E-state index contributed by atoms with van der Waals surface area (Å²) in [5.74, 6) is 0.555. The second-order valence-corrected chi connectivity index (χ2v) is 4.83. The third kappa shape index (κ3) is 1.98. The molecule has 15 heavy (non-hydrogen) atoms. The average Bonchev–Trinajstić information content (AvgIpc) is 2.36. The fourth-order valence-corrected chi connectivity index (χ4v) is 2.14. The van der Waals surface area contributed by atoms with Crippen molar-refractivity contribution in [1.82, 2.24) is 0 Å². The zero-order chi connectivity index (χ0) is 11.2. The van der Waals surface area contributed by atoms with Crippen LogP contribution in [0.25, 0.3) is 0 Å². The Morgan fingerprint density at radius 1 is 1.40 bits per heavy atom. The van der Waals surface area contributed by atoms with E-state index in [4.69, 9.17) is 16.3 Å². The maximum atomic E-state index is 9.20. The molecule has 0 aliphatic carbocycles. The smallest absolute Gasteiger partial charge is 0.488 e. The normalized spacial score (nSPS) is 17.1. The van der Waals surface area contributed by atoms with Gasteiger partial charge in [0.1, 0.15) is 11.4 Å². The number of halogens is 1. The van der Waals surface area contributed by atoms with E-state index in [0.717, 1.165) is 12.0 Å². The fraction of sp³-hybridized carbons (Fsp3) is 0.400. The molecule has 2 N–H and O–H groups in total. The second-order valence-electron chi connectivity index (χ2n) is 4.40. The van der Waals surface area contributed by atoms with Crippen LogP contribution in [0.2, 0.25) is 5.02 Å². The number of fused-ring (bicyclic) bond motifs is 1. The van der Waals surface area contributed by atoms with Crippen molar-refractivity contribution >= 4 is 24.2 Å². The maximum absolute atomic E-state index is 9.20. The van der Waals surface area contributed by atoms with Gasteiger partial charge in [0.05, 0.1) is 0 Å². The van der Waals surface area contributed by atoms with Crippen LogP contribution in [0, 0.1) is 0 Å². The van der Waals surface area contributed by atoms with Crippen LogP contribution in [0.1, 0.15) is 19.4 Å². The Balaban J connectivity index is 2.53. The summed E-state index contributed by atoms with van der Waals surface area (Å²) >= 11 is 5.89. The van der Waals surface area contributed by atoms with E-state index in [9.17, 15) is 10.0 Å². The summed E-state index contributed by atoms with van der Waals surface area (Å²) < 4.78 is 5.66. The van der Waals surface area contributed by atoms with Gasteiger partial charge < -0.3 is 14.8 Å². The first-order valence-corrected chi connectivity index (χ1v) is 5.14. The van der Waals surface area contributed by atoms with Crippen molar-refractivity contribution in [2.75, 3.05) is 0 Å². The first-order valence-electron chi connectivity index (χ1n) is 4.76. The Hall–Kier alpha value is -0.705. The highest BCUT2D eigenvalue weighted by molar-refractivity contribution is 6.60. The average molecular weight is 226 g/mol. The van der Waals surface area contributed by atoms with Crippen molar-refractivity contribution < 1.29 is 14.8 Å². The molecule has 0 unspecified atom stereocenters. The monoisotopic (exact) mass is 226 g/mol. The molecule has 0 spiro atoms. The van der Waals surface area contributed by atoms with E-state index in [1.807, 2.05) is 13.8 Å². The van der Waals surface area contributed by atoms with Gasteiger partial charge in [0.15, 0.2) is 0 Å². The number of hydrogen-bond acceptors (Lipinski definition) is 3. The van der Waals surface area contributed by atoms with Gasteiger partial charge in [0, 0.05) is 16.9 Å². The molecule has 5 heteroatoms. The summed E-state index contributed by atoms with van der Waals surface area (Å²) in [7, 11) is -1.55. The number of benzene rings is 1. The molecule has 2 rings (SSSR count). The zero-order valence-corrected chi connectivity index (χ0v) is 9.38. The molecule has 3 nitrogen and oxygen atoms in total. The van der Waals surface area contributed by atoms with Gasteiger partial charge in [0.25, 0.3) is 0 Å². The third-order valence-corrected chi connectivity index (χ3v) is 2.65. The Kier molecular flexibility index (Phi) is 2.45. The first-order chi connectivity index (χ1) is 6.89. The van der Waals surface area contributed by atoms with Crippen LogP contribution >= 0.6 is 11.6 Å². The Bertz CT molecular complexity index is 404. The third-order valence-electron chi connectivity index (χ3n) is 2.43. The van der Waals surface area contributed by atoms with Crippen molar-refractivity contribution in [2.24, 2.45) is 0 Å². The van der Waals surface area contributed by atoms with E-state index in [0.29, 0.717) is 16.2 Å². The topological polar surface area (TPSA) is 49.7 Å². The SMILES string of the molecule is CC1(C)Cc2cc(Cl)cc(B(O)O)c2O1. The Labute approximate surface area is 93.8 Å². The van der Waals surface area contributed by atoms with E-state index in [1.54, 1.807) is 6.07 Å². The van der Waals surface area contributed by atoms with Gasteiger partial charge in [-0.2, -0.15) is 0 Å². The molecule has 0 amide bonds. The van der Waals surface area contributed by atoms with Gasteiger partial charge in [-0.25, -0.2) is 0 Å². The van der Waals surface area contributed by atoms with Crippen molar-refractivity contribution in [3.05, 3.63) is 22.7 Å². The highest BCUT2D eigenvalue weighted by atomic mass is 35.5. The Morgan fingerprint density at radius 3 is 2.67 bits per heavy atom. The number of ether oxygens (including phenoxy) is 1. The lowest BCUT2D eigenvalue weighted by Gasteiger charge is -2.18. The molecule has 0 radical (unpaired) electrons. The molecule has 0 fully saturated rings. The van der Waals surface area contributed by atoms with Crippen LogP contribution in [0.5, 0.6) is 5.75 Å². The maximum Gasteiger partial charge on any atom is 0.492 e. The van der Waals surface area contributed by atoms with Gasteiger partial charge in [0.2, 0.25) is 0 Å². The minimum atomic E-state index is -1.55. The van der Waals surface area contributed by atoms with E-state index in [-0.39, 0.29) is 5.60 Å². The lowest BCUT2D eigenvalue weighted by Crippen LogP contribution is -2.33. The van der Waals surface area contributed by atoms with Gasteiger partial charge in [-0.1, -0.05) is 11.6 Å². The first kappa shape index (κ1) is 10.8. The summed E-state index contributed by atoms with van der Waals surface area (Å²) in [6.07, 6.45) is 0.725.